The van der Waals surface area contributed by atoms with Crippen molar-refractivity contribution in [2.45, 2.75) is 34.6 Å². The summed E-state index contributed by atoms with van der Waals surface area (Å²) in [6.07, 6.45) is 0. The summed E-state index contributed by atoms with van der Waals surface area (Å²) in [5.41, 5.74) is 1.98. The molecule has 0 saturated carbocycles. The van der Waals surface area contributed by atoms with Crippen LogP contribution in [0.5, 0.6) is 0 Å². The van der Waals surface area contributed by atoms with Crippen molar-refractivity contribution in [2.75, 3.05) is 0 Å². The zero-order valence-electron chi connectivity index (χ0n) is 11.7. The van der Waals surface area contributed by atoms with Gasteiger partial charge in [0.1, 0.15) is 5.76 Å². The van der Waals surface area contributed by atoms with Crippen molar-refractivity contribution in [3.63, 3.8) is 0 Å². The third-order valence-electron chi connectivity index (χ3n) is 2.05. The SMILES string of the molecule is CC.CC#N.Cc1nc(-c2ccccc2)oc1C. The predicted octanol–water partition coefficient (Wildman–Crippen LogP) is 4.51. The number of oxazole rings is 1. The van der Waals surface area contributed by atoms with Gasteiger partial charge < -0.3 is 4.42 Å². The summed E-state index contributed by atoms with van der Waals surface area (Å²) in [5, 5.41) is 7.32. The molecule has 2 rings (SSSR count). The fourth-order valence-electron chi connectivity index (χ4n) is 1.18. The first-order valence-electron chi connectivity index (χ1n) is 5.99. The Morgan fingerprint density at radius 2 is 1.61 bits per heavy atom. The van der Waals surface area contributed by atoms with E-state index in [2.05, 4.69) is 4.98 Å². The maximum atomic E-state index is 7.32. The number of nitrogens with zero attached hydrogens (tertiary/aromatic N) is 2. The van der Waals surface area contributed by atoms with Gasteiger partial charge in [-0.25, -0.2) is 4.98 Å². The van der Waals surface area contributed by atoms with Gasteiger partial charge in [-0.05, 0) is 26.0 Å². The summed E-state index contributed by atoms with van der Waals surface area (Å²) in [5.74, 6) is 1.59. The molecule has 0 amide bonds. The van der Waals surface area contributed by atoms with E-state index in [1.165, 1.54) is 6.92 Å². The maximum Gasteiger partial charge on any atom is 0.226 e. The Bertz CT molecular complexity index is 461. The van der Waals surface area contributed by atoms with Crippen LogP contribution >= 0.6 is 0 Å². The Balaban J connectivity index is 0.000000509. The molecule has 18 heavy (non-hydrogen) atoms. The molecule has 0 atom stereocenters. The minimum atomic E-state index is 0.704. The topological polar surface area (TPSA) is 49.8 Å². The van der Waals surface area contributed by atoms with Gasteiger partial charge in [0, 0.05) is 12.5 Å². The number of nitriles is 1. The first kappa shape index (κ1) is 15.9. The van der Waals surface area contributed by atoms with E-state index in [0.717, 1.165) is 17.0 Å². The van der Waals surface area contributed by atoms with Gasteiger partial charge in [-0.1, -0.05) is 32.0 Å². The van der Waals surface area contributed by atoms with Crippen LogP contribution in [0.2, 0.25) is 0 Å². The number of hydrogen-bond acceptors (Lipinski definition) is 3. The van der Waals surface area contributed by atoms with Crippen molar-refractivity contribution in [2.24, 2.45) is 0 Å². The summed E-state index contributed by atoms with van der Waals surface area (Å²) < 4.78 is 5.49. The summed E-state index contributed by atoms with van der Waals surface area (Å²) in [7, 11) is 0. The first-order chi connectivity index (χ1) is 8.69. The standard InChI is InChI=1S/C11H11NO.C2H3N.C2H6/c1-8-9(2)13-11(12-8)10-6-4-3-5-7-10;1-2-3;1-2/h3-7H,1-2H3;1H3;1-2H3. The Hall–Kier alpha value is -2.08. The van der Waals surface area contributed by atoms with Crippen LogP contribution in [-0.4, -0.2) is 4.98 Å². The Morgan fingerprint density at radius 1 is 1.11 bits per heavy atom. The lowest BCUT2D eigenvalue weighted by Gasteiger charge is -1.91. The lowest BCUT2D eigenvalue weighted by molar-refractivity contribution is 0.541. The van der Waals surface area contributed by atoms with Crippen LogP contribution in [0.1, 0.15) is 32.2 Å². The molecule has 0 unspecified atom stereocenters. The van der Waals surface area contributed by atoms with Crippen molar-refractivity contribution in [1.82, 2.24) is 4.98 Å². The third-order valence-corrected chi connectivity index (χ3v) is 2.05. The highest BCUT2D eigenvalue weighted by Crippen LogP contribution is 2.20. The number of aromatic nitrogens is 1. The van der Waals surface area contributed by atoms with E-state index in [9.17, 15) is 0 Å². The average molecular weight is 244 g/mol. The van der Waals surface area contributed by atoms with Crippen molar-refractivity contribution < 1.29 is 4.42 Å². The zero-order chi connectivity index (χ0) is 14.0. The molecule has 3 nitrogen and oxygen atoms in total. The molecule has 0 fully saturated rings. The second-order valence-electron chi connectivity index (χ2n) is 3.25. The summed E-state index contributed by atoms with van der Waals surface area (Å²) in [6, 6.07) is 11.7. The van der Waals surface area contributed by atoms with E-state index in [0.29, 0.717) is 5.89 Å². The number of hydrogen-bond donors (Lipinski definition) is 0. The van der Waals surface area contributed by atoms with Gasteiger partial charge in [0.2, 0.25) is 5.89 Å². The molecule has 96 valence electrons. The fraction of sp³-hybridized carbons (Fsp3) is 0.333. The molecule has 0 radical (unpaired) electrons. The molecule has 0 aliphatic carbocycles. The second-order valence-corrected chi connectivity index (χ2v) is 3.25. The van der Waals surface area contributed by atoms with E-state index >= 15 is 0 Å². The predicted molar refractivity (Wildman–Crippen MR) is 74.0 cm³/mol. The van der Waals surface area contributed by atoms with Crippen LogP contribution < -0.4 is 0 Å². The third kappa shape index (κ3) is 4.84. The highest BCUT2D eigenvalue weighted by atomic mass is 16.4. The Kier molecular flexibility index (Phi) is 7.96. The molecule has 0 aliphatic rings. The molecule has 0 N–H and O–H groups in total. The Labute approximate surface area is 109 Å². The van der Waals surface area contributed by atoms with Crippen molar-refractivity contribution >= 4 is 0 Å². The number of benzene rings is 1. The van der Waals surface area contributed by atoms with E-state index in [1.54, 1.807) is 6.07 Å². The molecule has 1 aromatic carbocycles. The largest absolute Gasteiger partial charge is 0.441 e. The quantitative estimate of drug-likeness (QED) is 0.741. The first-order valence-corrected chi connectivity index (χ1v) is 5.99. The minimum Gasteiger partial charge on any atom is -0.441 e. The molecule has 0 spiro atoms. The van der Waals surface area contributed by atoms with Crippen molar-refractivity contribution in [1.29, 1.82) is 5.26 Å². The maximum absolute atomic E-state index is 7.32. The number of aryl methyl sites for hydroxylation is 2. The van der Waals surface area contributed by atoms with E-state index in [4.69, 9.17) is 9.68 Å². The molecule has 2 aromatic rings. The van der Waals surface area contributed by atoms with Crippen molar-refractivity contribution in [3.8, 4) is 17.5 Å². The summed E-state index contributed by atoms with van der Waals surface area (Å²) in [4.78, 5) is 4.31. The van der Waals surface area contributed by atoms with Gasteiger partial charge in [-0.3, -0.25) is 0 Å². The van der Waals surface area contributed by atoms with E-state index < -0.39 is 0 Å². The zero-order valence-corrected chi connectivity index (χ0v) is 11.7. The molecule has 1 aromatic heterocycles. The highest BCUT2D eigenvalue weighted by molar-refractivity contribution is 5.53. The van der Waals surface area contributed by atoms with Gasteiger partial charge in [0.25, 0.3) is 0 Å². The average Bonchev–Trinajstić information content (AvgIpc) is 2.74. The van der Waals surface area contributed by atoms with Gasteiger partial charge in [0.05, 0.1) is 11.8 Å². The lowest BCUT2D eigenvalue weighted by Crippen LogP contribution is -1.76. The van der Waals surface area contributed by atoms with Crippen LogP contribution in [0.4, 0.5) is 0 Å². The smallest absolute Gasteiger partial charge is 0.226 e. The molecular weight excluding hydrogens is 224 g/mol. The summed E-state index contributed by atoms with van der Waals surface area (Å²) in [6.45, 7) is 9.31. The Morgan fingerprint density at radius 3 is 2.00 bits per heavy atom. The molecule has 0 bridgehead atoms. The normalized spacial score (nSPS) is 8.22. The number of rotatable bonds is 1. The van der Waals surface area contributed by atoms with Crippen LogP contribution in [0.15, 0.2) is 34.7 Å². The van der Waals surface area contributed by atoms with Crippen LogP contribution in [0.3, 0.4) is 0 Å². The molecular formula is C15H20N2O. The van der Waals surface area contributed by atoms with Gasteiger partial charge in [0.15, 0.2) is 0 Å². The minimum absolute atomic E-state index is 0.704. The van der Waals surface area contributed by atoms with Gasteiger partial charge >= 0.3 is 0 Å². The summed E-state index contributed by atoms with van der Waals surface area (Å²) >= 11 is 0. The van der Waals surface area contributed by atoms with Crippen LogP contribution in [0, 0.1) is 25.2 Å². The lowest BCUT2D eigenvalue weighted by atomic mass is 10.2. The molecule has 0 aliphatic heterocycles. The molecule has 3 heteroatoms. The van der Waals surface area contributed by atoms with Gasteiger partial charge in [-0.15, -0.1) is 0 Å². The van der Waals surface area contributed by atoms with Gasteiger partial charge in [-0.2, -0.15) is 5.26 Å². The van der Waals surface area contributed by atoms with Crippen molar-refractivity contribution in [3.05, 3.63) is 41.8 Å². The van der Waals surface area contributed by atoms with E-state index in [1.807, 2.05) is 58.0 Å². The monoisotopic (exact) mass is 244 g/mol. The molecule has 1 heterocycles. The molecule has 0 saturated heterocycles. The van der Waals surface area contributed by atoms with Crippen LogP contribution in [-0.2, 0) is 0 Å². The van der Waals surface area contributed by atoms with Crippen LogP contribution in [0.25, 0.3) is 11.5 Å². The second kappa shape index (κ2) is 9.00. The van der Waals surface area contributed by atoms with E-state index in [-0.39, 0.29) is 0 Å². The highest BCUT2D eigenvalue weighted by Gasteiger charge is 2.06. The fourth-order valence-corrected chi connectivity index (χ4v) is 1.18.